The van der Waals surface area contributed by atoms with Gasteiger partial charge in [0.1, 0.15) is 18.4 Å². The number of benzene rings is 2. The van der Waals surface area contributed by atoms with Crippen molar-refractivity contribution >= 4 is 11.8 Å². The summed E-state index contributed by atoms with van der Waals surface area (Å²) < 4.78 is 4.79. The lowest BCUT2D eigenvalue weighted by Crippen LogP contribution is -2.38. The highest BCUT2D eigenvalue weighted by Gasteiger charge is 2.27. The van der Waals surface area contributed by atoms with E-state index in [2.05, 4.69) is 116 Å². The van der Waals surface area contributed by atoms with Gasteiger partial charge in [0.2, 0.25) is 6.33 Å². The molecule has 0 bridgehead atoms. The molecule has 2 atom stereocenters. The molecular weight excluding hydrogens is 324 g/mol. The van der Waals surface area contributed by atoms with Crippen LogP contribution < -0.4 is 4.57 Å². The maximum absolute atomic E-state index is 2.32. The van der Waals surface area contributed by atoms with E-state index in [1.165, 1.54) is 11.1 Å². The maximum atomic E-state index is 2.32. The number of hydrogen-bond donors (Lipinski definition) is 0. The van der Waals surface area contributed by atoms with Crippen molar-refractivity contribution < 1.29 is 4.57 Å². The van der Waals surface area contributed by atoms with Crippen LogP contribution in [0.5, 0.6) is 0 Å². The summed E-state index contributed by atoms with van der Waals surface area (Å²) in [6.07, 6.45) is 6.60. The van der Waals surface area contributed by atoms with Crippen LogP contribution in [0.2, 0.25) is 0 Å². The molecule has 1 aromatic heterocycles. The van der Waals surface area contributed by atoms with Crippen molar-refractivity contribution in [2.75, 3.05) is 0 Å². The van der Waals surface area contributed by atoms with E-state index >= 15 is 0 Å². The van der Waals surface area contributed by atoms with Crippen LogP contribution in [0.4, 0.5) is 0 Å². The van der Waals surface area contributed by atoms with Crippen LogP contribution in [0.3, 0.4) is 0 Å². The Morgan fingerprint density at radius 3 is 2.00 bits per heavy atom. The topological polar surface area (TPSA) is 8.81 Å². The third kappa shape index (κ3) is 4.55. The lowest BCUT2D eigenvalue weighted by molar-refractivity contribution is -0.691. The molecule has 0 aliphatic rings. The van der Waals surface area contributed by atoms with Crippen molar-refractivity contribution in [2.24, 2.45) is 0 Å². The van der Waals surface area contributed by atoms with Crippen LogP contribution in [0, 0.1) is 0 Å². The van der Waals surface area contributed by atoms with E-state index in [0.29, 0.717) is 6.04 Å². The van der Waals surface area contributed by atoms with E-state index in [-0.39, 0.29) is 10.1 Å². The number of thioether (sulfide) groups is 1. The molecule has 0 fully saturated rings. The van der Waals surface area contributed by atoms with E-state index in [0.717, 1.165) is 0 Å². The van der Waals surface area contributed by atoms with Crippen LogP contribution in [-0.4, -0.2) is 9.31 Å². The summed E-state index contributed by atoms with van der Waals surface area (Å²) in [5.41, 5.74) is 2.66. The van der Waals surface area contributed by atoms with E-state index in [1.54, 1.807) is 0 Å². The molecule has 2 nitrogen and oxygen atoms in total. The lowest BCUT2D eigenvalue weighted by atomic mass is 10.1. The molecule has 0 saturated heterocycles. The first kappa shape index (κ1) is 17.8. The molecule has 0 aliphatic heterocycles. The number of hydrogen-bond acceptors (Lipinski definition) is 1. The molecule has 0 saturated carbocycles. The predicted molar refractivity (Wildman–Crippen MR) is 107 cm³/mol. The summed E-state index contributed by atoms with van der Waals surface area (Å²) in [7, 11) is 0. The molecular formula is C22H27N2S+. The minimum Gasteiger partial charge on any atom is -0.230 e. The predicted octanol–water partition coefficient (Wildman–Crippen LogP) is 5.46. The Morgan fingerprint density at radius 2 is 1.44 bits per heavy atom. The molecule has 25 heavy (non-hydrogen) atoms. The fourth-order valence-electron chi connectivity index (χ4n) is 2.91. The monoisotopic (exact) mass is 351 g/mol. The van der Waals surface area contributed by atoms with E-state index in [4.69, 9.17) is 0 Å². The summed E-state index contributed by atoms with van der Waals surface area (Å²) in [6.45, 7) is 9.07. The Morgan fingerprint density at radius 1 is 0.880 bits per heavy atom. The average molecular weight is 352 g/mol. The van der Waals surface area contributed by atoms with Crippen LogP contribution in [0.15, 0.2) is 79.4 Å². The fourth-order valence-corrected chi connectivity index (χ4v) is 4.12. The summed E-state index contributed by atoms with van der Waals surface area (Å²) in [5, 5.41) is 0.269. The molecule has 3 rings (SSSR count). The number of nitrogens with zero attached hydrogens (tertiary/aromatic N) is 2. The van der Waals surface area contributed by atoms with Gasteiger partial charge in [0, 0.05) is 10.3 Å². The van der Waals surface area contributed by atoms with Crippen molar-refractivity contribution in [3.8, 4) is 0 Å². The average Bonchev–Trinajstić information content (AvgIpc) is 3.09. The van der Waals surface area contributed by atoms with Crippen LogP contribution >= 0.6 is 11.8 Å². The summed E-state index contributed by atoms with van der Waals surface area (Å²) in [4.78, 5) is 0. The Bertz CT molecular complexity index is 788. The Hall–Kier alpha value is -2.00. The maximum Gasteiger partial charge on any atom is 0.245 e. The second-order valence-corrected chi connectivity index (χ2v) is 9.29. The fraction of sp³-hybridized carbons (Fsp3) is 0.318. The highest BCUT2D eigenvalue weighted by Crippen LogP contribution is 2.36. The third-order valence-corrected chi connectivity index (χ3v) is 5.67. The smallest absolute Gasteiger partial charge is 0.230 e. The van der Waals surface area contributed by atoms with E-state index in [9.17, 15) is 0 Å². The van der Waals surface area contributed by atoms with Gasteiger partial charge in [-0.3, -0.25) is 0 Å². The van der Waals surface area contributed by atoms with Gasteiger partial charge in [-0.2, -0.15) is 0 Å². The highest BCUT2D eigenvalue weighted by molar-refractivity contribution is 8.00. The lowest BCUT2D eigenvalue weighted by Gasteiger charge is -2.23. The quantitative estimate of drug-likeness (QED) is 0.554. The van der Waals surface area contributed by atoms with Gasteiger partial charge in [0.05, 0.1) is 0 Å². The van der Waals surface area contributed by atoms with Gasteiger partial charge in [-0.05, 0) is 12.5 Å². The van der Waals surface area contributed by atoms with Crippen molar-refractivity contribution in [3.63, 3.8) is 0 Å². The zero-order chi connectivity index (χ0) is 17.9. The largest absolute Gasteiger partial charge is 0.245 e. The zero-order valence-corrected chi connectivity index (χ0v) is 16.3. The highest BCUT2D eigenvalue weighted by atomic mass is 32.2. The molecule has 0 unspecified atom stereocenters. The molecule has 0 aliphatic carbocycles. The van der Waals surface area contributed by atoms with Crippen molar-refractivity contribution in [1.82, 2.24) is 4.57 Å². The first-order valence-corrected chi connectivity index (χ1v) is 9.68. The molecule has 2 aromatic carbocycles. The van der Waals surface area contributed by atoms with Gasteiger partial charge in [0.15, 0.2) is 5.37 Å². The number of imidazole rings is 1. The molecule has 0 spiro atoms. The van der Waals surface area contributed by atoms with Gasteiger partial charge >= 0.3 is 0 Å². The summed E-state index contributed by atoms with van der Waals surface area (Å²) >= 11 is 1.98. The molecule has 1 heterocycles. The molecule has 0 N–H and O–H groups in total. The Labute approximate surface area is 155 Å². The first-order chi connectivity index (χ1) is 11.9. The standard InChI is InChI=1S/C22H27N2S/c1-18(19-11-7-5-8-12-19)23-15-16-24(17-23)21(25-22(2,3)4)20-13-9-6-10-14-20/h5-18,21H,1-4H3/q+1/t18-,21+/m1/s1. The second kappa shape index (κ2) is 7.49. The van der Waals surface area contributed by atoms with Crippen LogP contribution in [0.1, 0.15) is 50.2 Å². The molecule has 3 aromatic rings. The SMILES string of the molecule is C[C@H](c1ccccc1)n1cc[n+]([C@@H](SC(C)(C)C)c2ccccc2)c1. The van der Waals surface area contributed by atoms with Gasteiger partial charge in [0.25, 0.3) is 0 Å². The first-order valence-electron chi connectivity index (χ1n) is 8.80. The van der Waals surface area contributed by atoms with Crippen molar-refractivity contribution in [3.05, 3.63) is 90.5 Å². The van der Waals surface area contributed by atoms with Crippen LogP contribution in [-0.2, 0) is 0 Å². The van der Waals surface area contributed by atoms with Gasteiger partial charge in [-0.1, -0.05) is 81.4 Å². The molecule has 0 radical (unpaired) electrons. The zero-order valence-electron chi connectivity index (χ0n) is 15.5. The minimum atomic E-state index is 0.181. The summed E-state index contributed by atoms with van der Waals surface area (Å²) in [6, 6.07) is 21.7. The molecule has 130 valence electrons. The van der Waals surface area contributed by atoms with Crippen molar-refractivity contribution in [2.45, 2.75) is 43.9 Å². The Balaban J connectivity index is 1.91. The van der Waals surface area contributed by atoms with E-state index < -0.39 is 0 Å². The number of aromatic nitrogens is 2. The Kier molecular flexibility index (Phi) is 5.33. The molecule has 3 heteroatoms. The summed E-state index contributed by atoms with van der Waals surface area (Å²) in [5.74, 6) is 0. The normalized spacial score (nSPS) is 14.2. The van der Waals surface area contributed by atoms with Crippen LogP contribution in [0.25, 0.3) is 0 Å². The molecule has 0 amide bonds. The second-order valence-electron chi connectivity index (χ2n) is 7.39. The van der Waals surface area contributed by atoms with E-state index in [1.807, 2.05) is 11.8 Å². The van der Waals surface area contributed by atoms with Gasteiger partial charge in [-0.15, -0.1) is 11.8 Å². The third-order valence-electron chi connectivity index (χ3n) is 4.23. The van der Waals surface area contributed by atoms with Gasteiger partial charge < -0.3 is 0 Å². The number of rotatable bonds is 5. The van der Waals surface area contributed by atoms with Crippen molar-refractivity contribution in [1.29, 1.82) is 0 Å². The minimum absolute atomic E-state index is 0.181. The van der Waals surface area contributed by atoms with Gasteiger partial charge in [-0.25, -0.2) is 9.13 Å².